The summed E-state index contributed by atoms with van der Waals surface area (Å²) in [6.07, 6.45) is 0. The number of carbonyl (C=O) groups is 1. The second-order valence-corrected chi connectivity index (χ2v) is 3.46. The molecule has 1 aromatic carbocycles. The Bertz CT molecular complexity index is 308. The smallest absolute Gasteiger partial charge is 0.322 e. The second-order valence-electron chi connectivity index (χ2n) is 3.02. The van der Waals surface area contributed by atoms with Crippen molar-refractivity contribution in [3.63, 3.8) is 0 Å². The lowest BCUT2D eigenvalue weighted by atomic mass is 10.2. The number of nitrogens with two attached hydrogens (primary N) is 1. The fourth-order valence-corrected chi connectivity index (χ4v) is 0.993. The van der Waals surface area contributed by atoms with Gasteiger partial charge in [0.1, 0.15) is 12.6 Å². The van der Waals surface area contributed by atoms with Crippen LogP contribution >= 0.6 is 11.6 Å². The zero-order valence-electron chi connectivity index (χ0n) is 7.87. The summed E-state index contributed by atoms with van der Waals surface area (Å²) >= 11 is 5.70. The first-order valence-corrected chi connectivity index (χ1v) is 4.64. The number of carbonyl (C=O) groups excluding carboxylic acids is 1. The van der Waals surface area contributed by atoms with E-state index in [0.29, 0.717) is 5.02 Å². The van der Waals surface area contributed by atoms with E-state index in [4.69, 9.17) is 22.1 Å². The number of benzene rings is 1. The molecule has 14 heavy (non-hydrogen) atoms. The molecule has 0 aromatic heterocycles. The first-order chi connectivity index (χ1) is 6.59. The zero-order chi connectivity index (χ0) is 10.6. The molecule has 0 aliphatic rings. The second kappa shape index (κ2) is 4.98. The van der Waals surface area contributed by atoms with E-state index in [1.54, 1.807) is 31.2 Å². The summed E-state index contributed by atoms with van der Waals surface area (Å²) in [5, 5.41) is 0.660. The molecule has 1 atom stereocenters. The lowest BCUT2D eigenvalue weighted by Crippen LogP contribution is -2.28. The molecule has 0 radical (unpaired) electrons. The van der Waals surface area contributed by atoms with E-state index in [1.807, 2.05) is 0 Å². The van der Waals surface area contributed by atoms with E-state index in [-0.39, 0.29) is 6.61 Å². The average molecular weight is 214 g/mol. The SMILES string of the molecule is C[C@H](N)C(=O)OCc1ccc(Cl)cc1. The van der Waals surface area contributed by atoms with Crippen molar-refractivity contribution in [1.29, 1.82) is 0 Å². The van der Waals surface area contributed by atoms with Crippen molar-refractivity contribution in [2.75, 3.05) is 0 Å². The molecule has 0 aliphatic carbocycles. The van der Waals surface area contributed by atoms with Gasteiger partial charge in [0.15, 0.2) is 0 Å². The monoisotopic (exact) mass is 213 g/mol. The van der Waals surface area contributed by atoms with Crippen LogP contribution in [0.25, 0.3) is 0 Å². The molecule has 76 valence electrons. The van der Waals surface area contributed by atoms with Crippen molar-refractivity contribution < 1.29 is 9.53 Å². The fraction of sp³-hybridized carbons (Fsp3) is 0.300. The summed E-state index contributed by atoms with van der Waals surface area (Å²) in [4.78, 5) is 11.0. The molecule has 0 fully saturated rings. The normalized spacial score (nSPS) is 12.2. The van der Waals surface area contributed by atoms with Gasteiger partial charge in [-0.2, -0.15) is 0 Å². The topological polar surface area (TPSA) is 52.3 Å². The van der Waals surface area contributed by atoms with Gasteiger partial charge in [-0.15, -0.1) is 0 Å². The minimum Gasteiger partial charge on any atom is -0.460 e. The van der Waals surface area contributed by atoms with Crippen molar-refractivity contribution in [2.45, 2.75) is 19.6 Å². The van der Waals surface area contributed by atoms with Gasteiger partial charge in [0.2, 0.25) is 0 Å². The predicted molar refractivity (Wildman–Crippen MR) is 54.9 cm³/mol. The molecule has 0 saturated heterocycles. The van der Waals surface area contributed by atoms with Gasteiger partial charge in [-0.3, -0.25) is 4.79 Å². The molecular weight excluding hydrogens is 202 g/mol. The van der Waals surface area contributed by atoms with Gasteiger partial charge in [-0.05, 0) is 24.6 Å². The molecule has 0 aliphatic heterocycles. The van der Waals surface area contributed by atoms with Gasteiger partial charge in [0.25, 0.3) is 0 Å². The van der Waals surface area contributed by atoms with Crippen LogP contribution in [0, 0.1) is 0 Å². The Morgan fingerprint density at radius 2 is 2.07 bits per heavy atom. The molecular formula is C10H12ClNO2. The van der Waals surface area contributed by atoms with Crippen LogP contribution in [0.15, 0.2) is 24.3 Å². The number of hydrogen-bond acceptors (Lipinski definition) is 3. The third kappa shape index (κ3) is 3.36. The molecule has 0 saturated carbocycles. The highest BCUT2D eigenvalue weighted by atomic mass is 35.5. The highest BCUT2D eigenvalue weighted by molar-refractivity contribution is 6.30. The largest absolute Gasteiger partial charge is 0.460 e. The van der Waals surface area contributed by atoms with Crippen LogP contribution < -0.4 is 5.73 Å². The lowest BCUT2D eigenvalue weighted by Gasteiger charge is -2.06. The summed E-state index contributed by atoms with van der Waals surface area (Å²) in [7, 11) is 0. The maximum atomic E-state index is 11.0. The zero-order valence-corrected chi connectivity index (χ0v) is 8.62. The van der Waals surface area contributed by atoms with Gasteiger partial charge >= 0.3 is 5.97 Å². The summed E-state index contributed by atoms with van der Waals surface area (Å²) in [6.45, 7) is 1.82. The van der Waals surface area contributed by atoms with Crippen LogP contribution in [0.5, 0.6) is 0 Å². The number of ether oxygens (including phenoxy) is 1. The fourth-order valence-electron chi connectivity index (χ4n) is 0.867. The Labute approximate surface area is 87.8 Å². The van der Waals surface area contributed by atoms with Crippen LogP contribution in [0.3, 0.4) is 0 Å². The Kier molecular flexibility index (Phi) is 3.92. The van der Waals surface area contributed by atoms with Crippen molar-refractivity contribution in [3.05, 3.63) is 34.9 Å². The predicted octanol–water partition coefficient (Wildman–Crippen LogP) is 1.73. The minimum atomic E-state index is -0.581. The number of halogens is 1. The summed E-state index contributed by atoms with van der Waals surface area (Å²) in [5.41, 5.74) is 6.22. The van der Waals surface area contributed by atoms with Gasteiger partial charge in [-0.1, -0.05) is 23.7 Å². The third-order valence-corrected chi connectivity index (χ3v) is 1.92. The van der Waals surface area contributed by atoms with Crippen LogP contribution in [0.1, 0.15) is 12.5 Å². The molecule has 3 nitrogen and oxygen atoms in total. The maximum Gasteiger partial charge on any atom is 0.322 e. The van der Waals surface area contributed by atoms with Gasteiger partial charge < -0.3 is 10.5 Å². The molecule has 0 heterocycles. The number of hydrogen-bond donors (Lipinski definition) is 1. The van der Waals surface area contributed by atoms with E-state index in [2.05, 4.69) is 0 Å². The lowest BCUT2D eigenvalue weighted by molar-refractivity contribution is -0.146. The van der Waals surface area contributed by atoms with Crippen LogP contribution in [0.4, 0.5) is 0 Å². The van der Waals surface area contributed by atoms with Crippen molar-refractivity contribution in [1.82, 2.24) is 0 Å². The first-order valence-electron chi connectivity index (χ1n) is 4.26. The average Bonchev–Trinajstić information content (AvgIpc) is 2.16. The molecule has 1 aromatic rings. The Hall–Kier alpha value is -1.06. The molecule has 4 heteroatoms. The maximum absolute atomic E-state index is 11.0. The molecule has 2 N–H and O–H groups in total. The van der Waals surface area contributed by atoms with Crippen molar-refractivity contribution in [3.8, 4) is 0 Å². The Morgan fingerprint density at radius 3 is 2.57 bits per heavy atom. The number of rotatable bonds is 3. The minimum absolute atomic E-state index is 0.234. The van der Waals surface area contributed by atoms with E-state index in [0.717, 1.165) is 5.56 Å². The highest BCUT2D eigenvalue weighted by Gasteiger charge is 2.08. The Morgan fingerprint density at radius 1 is 1.50 bits per heavy atom. The molecule has 0 spiro atoms. The van der Waals surface area contributed by atoms with Crippen LogP contribution in [-0.2, 0) is 16.1 Å². The summed E-state index contributed by atoms with van der Waals surface area (Å²) in [5.74, 6) is -0.403. The Balaban J connectivity index is 2.46. The van der Waals surface area contributed by atoms with E-state index >= 15 is 0 Å². The van der Waals surface area contributed by atoms with Gasteiger partial charge in [0.05, 0.1) is 0 Å². The van der Waals surface area contributed by atoms with Crippen LogP contribution in [0.2, 0.25) is 5.02 Å². The standard InChI is InChI=1S/C10H12ClNO2/c1-7(12)10(13)14-6-8-2-4-9(11)5-3-8/h2-5,7H,6,12H2,1H3/t7-/m0/s1. The summed E-state index contributed by atoms with van der Waals surface area (Å²) < 4.78 is 4.92. The third-order valence-electron chi connectivity index (χ3n) is 1.67. The van der Waals surface area contributed by atoms with Crippen LogP contribution in [-0.4, -0.2) is 12.0 Å². The molecule has 0 unspecified atom stereocenters. The van der Waals surface area contributed by atoms with E-state index in [9.17, 15) is 4.79 Å². The van der Waals surface area contributed by atoms with Crippen molar-refractivity contribution in [2.24, 2.45) is 5.73 Å². The van der Waals surface area contributed by atoms with Crippen molar-refractivity contribution >= 4 is 17.6 Å². The molecule has 0 amide bonds. The van der Waals surface area contributed by atoms with E-state index in [1.165, 1.54) is 0 Å². The van der Waals surface area contributed by atoms with Gasteiger partial charge in [-0.25, -0.2) is 0 Å². The summed E-state index contributed by atoms with van der Waals surface area (Å²) in [6, 6.07) is 6.52. The van der Waals surface area contributed by atoms with Gasteiger partial charge in [0, 0.05) is 5.02 Å². The quantitative estimate of drug-likeness (QED) is 0.778. The first kappa shape index (κ1) is 11.0. The number of esters is 1. The van der Waals surface area contributed by atoms with E-state index < -0.39 is 12.0 Å². The highest BCUT2D eigenvalue weighted by Crippen LogP contribution is 2.10. The molecule has 0 bridgehead atoms. The molecule has 1 rings (SSSR count).